The Bertz CT molecular complexity index is 198. The molecule has 0 saturated heterocycles. The van der Waals surface area contributed by atoms with Gasteiger partial charge in [-0.1, -0.05) is 0 Å². The molecule has 0 aliphatic carbocycles. The second-order valence-corrected chi connectivity index (χ2v) is 4.39. The molecule has 0 aromatic carbocycles. The van der Waals surface area contributed by atoms with Crippen molar-refractivity contribution in [2.24, 2.45) is 5.73 Å². The van der Waals surface area contributed by atoms with Crippen molar-refractivity contribution in [1.29, 1.82) is 0 Å². The molecule has 0 radical (unpaired) electrons. The number of methoxy groups -OCH3 is 1. The van der Waals surface area contributed by atoms with Gasteiger partial charge in [-0.2, -0.15) is 0 Å². The van der Waals surface area contributed by atoms with E-state index >= 15 is 0 Å². The molecule has 96 valence electrons. The van der Waals surface area contributed by atoms with Gasteiger partial charge in [0, 0.05) is 19.8 Å². The first-order valence-corrected chi connectivity index (χ1v) is 5.67. The van der Waals surface area contributed by atoms with Crippen LogP contribution in [0.15, 0.2) is 0 Å². The van der Waals surface area contributed by atoms with Gasteiger partial charge < -0.3 is 20.7 Å². The van der Waals surface area contributed by atoms with Crippen LogP contribution >= 0.6 is 0 Å². The highest BCUT2D eigenvalue weighted by Crippen LogP contribution is 1.95. The van der Waals surface area contributed by atoms with E-state index in [1.165, 1.54) is 0 Å². The standard InChI is InChI=1S/C11H25N3O2/c1-9(5-7-14(2)3)13-11(15)10(12)6-8-16-4/h9-10H,5-8,12H2,1-4H3,(H,13,15). The molecule has 0 saturated carbocycles. The largest absolute Gasteiger partial charge is 0.385 e. The van der Waals surface area contributed by atoms with Gasteiger partial charge in [0.25, 0.3) is 0 Å². The van der Waals surface area contributed by atoms with Crippen molar-refractivity contribution in [3.8, 4) is 0 Å². The Kier molecular flexibility index (Phi) is 8.15. The van der Waals surface area contributed by atoms with Gasteiger partial charge in [-0.05, 0) is 40.4 Å². The quantitative estimate of drug-likeness (QED) is 0.607. The van der Waals surface area contributed by atoms with Crippen molar-refractivity contribution in [2.45, 2.75) is 31.8 Å². The molecule has 0 bridgehead atoms. The molecule has 0 aromatic rings. The first kappa shape index (κ1) is 15.3. The van der Waals surface area contributed by atoms with Gasteiger partial charge in [0.05, 0.1) is 6.04 Å². The maximum Gasteiger partial charge on any atom is 0.237 e. The van der Waals surface area contributed by atoms with Crippen LogP contribution in [-0.4, -0.2) is 57.2 Å². The molecule has 0 heterocycles. The minimum absolute atomic E-state index is 0.0942. The van der Waals surface area contributed by atoms with Crippen LogP contribution in [0.3, 0.4) is 0 Å². The van der Waals surface area contributed by atoms with Crippen molar-refractivity contribution in [2.75, 3.05) is 34.4 Å². The number of ether oxygens (including phenoxy) is 1. The molecular weight excluding hydrogens is 206 g/mol. The number of nitrogens with zero attached hydrogens (tertiary/aromatic N) is 1. The Morgan fingerprint density at radius 1 is 1.44 bits per heavy atom. The van der Waals surface area contributed by atoms with Crippen molar-refractivity contribution < 1.29 is 9.53 Å². The summed E-state index contributed by atoms with van der Waals surface area (Å²) in [6.07, 6.45) is 1.48. The Morgan fingerprint density at radius 2 is 2.06 bits per heavy atom. The first-order chi connectivity index (χ1) is 7.47. The predicted molar refractivity (Wildman–Crippen MR) is 65.2 cm³/mol. The number of nitrogens with one attached hydrogen (secondary N) is 1. The van der Waals surface area contributed by atoms with E-state index in [0.717, 1.165) is 13.0 Å². The van der Waals surface area contributed by atoms with E-state index in [1.807, 2.05) is 21.0 Å². The van der Waals surface area contributed by atoms with Gasteiger partial charge in [-0.3, -0.25) is 4.79 Å². The normalized spacial score (nSPS) is 14.9. The summed E-state index contributed by atoms with van der Waals surface area (Å²) in [7, 11) is 5.63. The molecule has 2 atom stereocenters. The molecule has 0 fully saturated rings. The molecule has 5 heteroatoms. The lowest BCUT2D eigenvalue weighted by Gasteiger charge is -2.19. The summed E-state index contributed by atoms with van der Waals surface area (Å²) in [5.74, 6) is -0.0942. The minimum Gasteiger partial charge on any atom is -0.385 e. The molecule has 2 unspecified atom stereocenters. The number of hydrogen-bond acceptors (Lipinski definition) is 4. The Hall–Kier alpha value is -0.650. The van der Waals surface area contributed by atoms with Gasteiger partial charge >= 0.3 is 0 Å². The van der Waals surface area contributed by atoms with E-state index < -0.39 is 6.04 Å². The van der Waals surface area contributed by atoms with Crippen molar-refractivity contribution >= 4 is 5.91 Å². The van der Waals surface area contributed by atoms with Crippen molar-refractivity contribution in [3.05, 3.63) is 0 Å². The van der Waals surface area contributed by atoms with Crippen LogP contribution in [0.4, 0.5) is 0 Å². The number of carbonyl (C=O) groups is 1. The second-order valence-electron chi connectivity index (χ2n) is 4.39. The van der Waals surface area contributed by atoms with Crippen molar-refractivity contribution in [3.63, 3.8) is 0 Å². The molecule has 1 amide bonds. The smallest absolute Gasteiger partial charge is 0.237 e. The summed E-state index contributed by atoms with van der Waals surface area (Å²) in [4.78, 5) is 13.7. The zero-order valence-corrected chi connectivity index (χ0v) is 10.8. The van der Waals surface area contributed by atoms with Crippen LogP contribution in [0.25, 0.3) is 0 Å². The summed E-state index contributed by atoms with van der Waals surface area (Å²) in [5.41, 5.74) is 5.71. The Labute approximate surface area is 98.3 Å². The molecule has 0 aliphatic heterocycles. The lowest BCUT2D eigenvalue weighted by Crippen LogP contribution is -2.45. The highest BCUT2D eigenvalue weighted by molar-refractivity contribution is 5.81. The fraction of sp³-hybridized carbons (Fsp3) is 0.909. The molecule has 5 nitrogen and oxygen atoms in total. The highest BCUT2D eigenvalue weighted by Gasteiger charge is 2.15. The minimum atomic E-state index is -0.471. The maximum atomic E-state index is 11.6. The van der Waals surface area contributed by atoms with E-state index in [9.17, 15) is 4.79 Å². The first-order valence-electron chi connectivity index (χ1n) is 5.67. The van der Waals surface area contributed by atoms with Crippen LogP contribution in [0, 0.1) is 0 Å². The summed E-state index contributed by atoms with van der Waals surface area (Å²) in [5, 5.41) is 2.90. The fourth-order valence-corrected chi connectivity index (χ4v) is 1.25. The molecule has 3 N–H and O–H groups in total. The van der Waals surface area contributed by atoms with E-state index in [1.54, 1.807) is 7.11 Å². The predicted octanol–water partition coefficient (Wildman–Crippen LogP) is -0.193. The van der Waals surface area contributed by atoms with Gasteiger partial charge in [0.15, 0.2) is 0 Å². The Balaban J connectivity index is 3.76. The molecular formula is C11H25N3O2. The lowest BCUT2D eigenvalue weighted by atomic mass is 10.1. The van der Waals surface area contributed by atoms with Crippen LogP contribution in [0.1, 0.15) is 19.8 Å². The number of carbonyl (C=O) groups excluding carboxylic acids is 1. The van der Waals surface area contributed by atoms with Gasteiger partial charge in [0.1, 0.15) is 0 Å². The summed E-state index contributed by atoms with van der Waals surface area (Å²) in [6, 6.07) is -0.315. The molecule has 0 rings (SSSR count). The van der Waals surface area contributed by atoms with E-state index in [2.05, 4.69) is 10.2 Å². The third-order valence-electron chi connectivity index (χ3n) is 2.37. The van der Waals surface area contributed by atoms with E-state index in [4.69, 9.17) is 10.5 Å². The summed E-state index contributed by atoms with van der Waals surface area (Å²) < 4.78 is 4.88. The monoisotopic (exact) mass is 231 g/mol. The summed E-state index contributed by atoms with van der Waals surface area (Å²) in [6.45, 7) is 3.46. The molecule has 0 aromatic heterocycles. The average Bonchev–Trinajstić information content (AvgIpc) is 2.22. The van der Waals surface area contributed by atoms with E-state index in [-0.39, 0.29) is 11.9 Å². The number of rotatable bonds is 8. The van der Waals surface area contributed by atoms with Crippen LogP contribution in [0.5, 0.6) is 0 Å². The highest BCUT2D eigenvalue weighted by atomic mass is 16.5. The second kappa shape index (κ2) is 8.50. The topological polar surface area (TPSA) is 67.6 Å². The van der Waals surface area contributed by atoms with Crippen LogP contribution in [-0.2, 0) is 9.53 Å². The van der Waals surface area contributed by atoms with E-state index in [0.29, 0.717) is 13.0 Å². The SMILES string of the molecule is COCCC(N)C(=O)NC(C)CCN(C)C. The number of hydrogen-bond donors (Lipinski definition) is 2. The zero-order chi connectivity index (χ0) is 12.6. The zero-order valence-electron chi connectivity index (χ0n) is 10.8. The molecule has 16 heavy (non-hydrogen) atoms. The van der Waals surface area contributed by atoms with Gasteiger partial charge in [-0.15, -0.1) is 0 Å². The number of amides is 1. The van der Waals surface area contributed by atoms with Crippen LogP contribution in [0.2, 0.25) is 0 Å². The van der Waals surface area contributed by atoms with Crippen LogP contribution < -0.4 is 11.1 Å². The average molecular weight is 231 g/mol. The third kappa shape index (κ3) is 7.62. The maximum absolute atomic E-state index is 11.6. The molecule has 0 aliphatic rings. The number of nitrogens with two attached hydrogens (primary N) is 1. The van der Waals surface area contributed by atoms with Gasteiger partial charge in [0.2, 0.25) is 5.91 Å². The molecule has 0 spiro atoms. The van der Waals surface area contributed by atoms with Gasteiger partial charge in [-0.25, -0.2) is 0 Å². The Morgan fingerprint density at radius 3 is 2.56 bits per heavy atom. The van der Waals surface area contributed by atoms with Crippen molar-refractivity contribution in [1.82, 2.24) is 10.2 Å². The fourth-order valence-electron chi connectivity index (χ4n) is 1.25. The lowest BCUT2D eigenvalue weighted by molar-refractivity contribution is -0.123. The third-order valence-corrected chi connectivity index (χ3v) is 2.37. The summed E-state index contributed by atoms with van der Waals surface area (Å²) >= 11 is 0.